The number of benzene rings is 1. The Kier molecular flexibility index (Phi) is 2.94. The van der Waals surface area contributed by atoms with E-state index in [4.69, 9.17) is 19.3 Å². The molecule has 0 bridgehead atoms. The lowest BCUT2D eigenvalue weighted by molar-refractivity contribution is 1.32. The first-order chi connectivity index (χ1) is 10.3. The fraction of sp³-hybridized carbons (Fsp3) is 0. The molecular weight excluding hydrogens is 309 g/mol. The van der Waals surface area contributed by atoms with Crippen LogP contribution >= 0.6 is 25.7 Å². The molecular formula is C18H12P3+3. The minimum Gasteiger partial charge on any atom is -0.111 e. The first kappa shape index (κ1) is 13.1. The predicted molar refractivity (Wildman–Crippen MR) is 103 cm³/mol. The summed E-state index contributed by atoms with van der Waals surface area (Å²) in [6.45, 7) is 0. The molecule has 3 heteroatoms. The van der Waals surface area contributed by atoms with E-state index in [2.05, 4.69) is 35.2 Å². The van der Waals surface area contributed by atoms with Crippen molar-refractivity contribution >= 4 is 59.1 Å². The van der Waals surface area contributed by atoms with Gasteiger partial charge in [-0.2, -0.15) is 0 Å². The van der Waals surface area contributed by atoms with Crippen LogP contribution in [0.25, 0.3) is 33.4 Å². The summed E-state index contributed by atoms with van der Waals surface area (Å²) in [4.78, 5) is 0. The zero-order valence-electron chi connectivity index (χ0n) is 11.2. The molecule has 3 aliphatic rings. The molecule has 21 heavy (non-hydrogen) atoms. The van der Waals surface area contributed by atoms with Crippen LogP contribution in [-0.2, 0) is 0 Å². The van der Waals surface area contributed by atoms with Crippen molar-refractivity contribution in [2.24, 2.45) is 0 Å². The summed E-state index contributed by atoms with van der Waals surface area (Å²) >= 11 is 0. The molecule has 0 spiro atoms. The number of hydrogen-bond donors (Lipinski definition) is 0. The van der Waals surface area contributed by atoms with Gasteiger partial charge in [0.1, 0.15) is 0 Å². The zero-order valence-corrected chi connectivity index (χ0v) is 14.7. The van der Waals surface area contributed by atoms with E-state index in [0.717, 1.165) is 15.9 Å². The molecule has 0 saturated carbocycles. The summed E-state index contributed by atoms with van der Waals surface area (Å²) in [7, 11) is 0.113. The van der Waals surface area contributed by atoms with E-state index in [9.17, 15) is 0 Å². The number of terminal acetylenes is 3. The van der Waals surface area contributed by atoms with Gasteiger partial charge < -0.3 is 0 Å². The molecule has 0 saturated heterocycles. The van der Waals surface area contributed by atoms with E-state index in [0.29, 0.717) is 0 Å². The molecule has 4 rings (SSSR count). The van der Waals surface area contributed by atoms with Crippen LogP contribution in [0.2, 0.25) is 0 Å². The van der Waals surface area contributed by atoms with Crippen LogP contribution in [0.3, 0.4) is 0 Å². The molecule has 96 valence electrons. The van der Waals surface area contributed by atoms with Gasteiger partial charge in [0.15, 0.2) is 15.9 Å². The molecule has 0 fully saturated rings. The first-order valence-corrected chi connectivity index (χ1v) is 10.3. The van der Waals surface area contributed by atoms with Gasteiger partial charge in [0.25, 0.3) is 0 Å². The molecule has 0 nitrogen and oxygen atoms in total. The molecule has 0 N–H and O–H groups in total. The Balaban J connectivity index is 2.56. The van der Waals surface area contributed by atoms with Gasteiger partial charge in [-0.3, -0.25) is 0 Å². The van der Waals surface area contributed by atoms with Crippen molar-refractivity contribution in [3.05, 3.63) is 31.3 Å². The lowest BCUT2D eigenvalue weighted by Gasteiger charge is -1.90. The monoisotopic (exact) mass is 321 g/mol. The maximum Gasteiger partial charge on any atom is 0.151 e. The molecule has 0 radical (unpaired) electrons. The molecule has 3 aliphatic heterocycles. The maximum atomic E-state index is 5.73. The van der Waals surface area contributed by atoms with E-state index in [1.165, 1.54) is 31.3 Å². The Morgan fingerprint density at radius 1 is 0.571 bits per heavy atom. The number of fused-ring (bicyclic) bond motifs is 6. The van der Waals surface area contributed by atoms with Crippen LogP contribution in [-0.4, -0.2) is 0 Å². The van der Waals surface area contributed by atoms with Crippen molar-refractivity contribution in [2.45, 2.75) is 0 Å². The Hall–Kier alpha value is -1.59. The van der Waals surface area contributed by atoms with E-state index in [-0.39, 0.29) is 25.7 Å². The molecule has 1 aromatic rings. The Labute approximate surface area is 127 Å². The first-order valence-electron chi connectivity index (χ1n) is 6.60. The van der Waals surface area contributed by atoms with E-state index in [1.54, 1.807) is 0 Å². The summed E-state index contributed by atoms with van der Waals surface area (Å²) < 4.78 is 0. The van der Waals surface area contributed by atoms with E-state index in [1.807, 2.05) is 0 Å². The van der Waals surface area contributed by atoms with Crippen molar-refractivity contribution in [3.8, 4) is 37.0 Å². The fourth-order valence-corrected chi connectivity index (χ4v) is 7.01. The van der Waals surface area contributed by atoms with Crippen molar-refractivity contribution in [3.63, 3.8) is 0 Å². The lowest BCUT2D eigenvalue weighted by Crippen LogP contribution is -2.64. The molecule has 0 aliphatic carbocycles. The van der Waals surface area contributed by atoms with Gasteiger partial charge in [-0.05, 0) is 17.8 Å². The van der Waals surface area contributed by atoms with Crippen molar-refractivity contribution in [2.75, 3.05) is 0 Å². The molecule has 0 amide bonds. The summed E-state index contributed by atoms with van der Waals surface area (Å²) in [6.07, 6.45) is 17.2. The van der Waals surface area contributed by atoms with Crippen molar-refractivity contribution < 1.29 is 0 Å². The largest absolute Gasteiger partial charge is 0.151 e. The van der Waals surface area contributed by atoms with Crippen LogP contribution in [0.5, 0.6) is 0 Å². The van der Waals surface area contributed by atoms with Crippen LogP contribution in [0.15, 0.2) is 0 Å². The highest BCUT2D eigenvalue weighted by Crippen LogP contribution is 2.29. The van der Waals surface area contributed by atoms with Crippen molar-refractivity contribution in [1.29, 1.82) is 0 Å². The van der Waals surface area contributed by atoms with Crippen LogP contribution in [0, 0.1) is 37.0 Å². The summed E-state index contributed by atoms with van der Waals surface area (Å²) in [5.74, 6) is 15.6. The van der Waals surface area contributed by atoms with Crippen LogP contribution < -0.4 is 31.3 Å². The second-order valence-corrected chi connectivity index (χ2v) is 8.77. The SMILES string of the molecule is C#CC1=c2c(c3c(c4c2=C[PH2+]C=4C#C)=C[PH2+]C=3C#C)=C[PH2+]1. The van der Waals surface area contributed by atoms with Crippen LogP contribution in [0.4, 0.5) is 0 Å². The predicted octanol–water partition coefficient (Wildman–Crippen LogP) is -1.60. The number of hydrogen-bond acceptors (Lipinski definition) is 0. The number of rotatable bonds is 0. The highest BCUT2D eigenvalue weighted by molar-refractivity contribution is 7.60. The van der Waals surface area contributed by atoms with Gasteiger partial charge >= 0.3 is 0 Å². The summed E-state index contributed by atoms with van der Waals surface area (Å²) in [5, 5.41) is 11.1. The second-order valence-electron chi connectivity index (χ2n) is 5.04. The average Bonchev–Trinajstić information content (AvgIpc) is 3.20. The third-order valence-electron chi connectivity index (χ3n) is 4.14. The van der Waals surface area contributed by atoms with Gasteiger partial charge in [-0.25, -0.2) is 0 Å². The minimum atomic E-state index is 0.0378. The fourth-order valence-electron chi connectivity index (χ4n) is 3.29. The van der Waals surface area contributed by atoms with Crippen LogP contribution in [0.1, 0.15) is 0 Å². The molecule has 0 aromatic heterocycles. The van der Waals surface area contributed by atoms with Crippen molar-refractivity contribution in [1.82, 2.24) is 0 Å². The van der Waals surface area contributed by atoms with Gasteiger partial charge in [0.2, 0.25) is 0 Å². The minimum absolute atomic E-state index is 0.0378. The standard InChI is InChI=1S/C18H9P3/c1-4-13-16-10(7-19-13)17-12(9-21-14(17)5-2)18-11(16)8-20-15(18)6-3/h1-3,7-9,19-21H/p+3. The van der Waals surface area contributed by atoms with Gasteiger partial charge in [-0.15, -0.1) is 19.3 Å². The van der Waals surface area contributed by atoms with E-state index >= 15 is 0 Å². The lowest BCUT2D eigenvalue weighted by atomic mass is 10.1. The van der Waals surface area contributed by atoms with Gasteiger partial charge in [0.05, 0.1) is 43.2 Å². The topological polar surface area (TPSA) is 0 Å². The maximum absolute atomic E-state index is 5.73. The molecule has 3 heterocycles. The zero-order chi connectivity index (χ0) is 14.6. The molecule has 1 aromatic carbocycles. The average molecular weight is 321 g/mol. The smallest absolute Gasteiger partial charge is 0.111 e. The van der Waals surface area contributed by atoms with E-state index < -0.39 is 0 Å². The molecule has 3 unspecified atom stereocenters. The quantitative estimate of drug-likeness (QED) is 0.399. The third-order valence-corrected chi connectivity index (χ3v) is 8.01. The van der Waals surface area contributed by atoms with Gasteiger partial charge in [0, 0.05) is 31.3 Å². The summed E-state index contributed by atoms with van der Waals surface area (Å²) in [6, 6.07) is 0. The van der Waals surface area contributed by atoms with Gasteiger partial charge in [-0.1, -0.05) is 0 Å². The highest BCUT2D eigenvalue weighted by Gasteiger charge is 2.24. The Morgan fingerprint density at radius 2 is 0.857 bits per heavy atom. The molecule has 3 atom stereocenters. The Morgan fingerprint density at radius 3 is 1.10 bits per heavy atom. The second kappa shape index (κ2) is 4.71. The highest BCUT2D eigenvalue weighted by atomic mass is 31.1. The Bertz CT molecular complexity index is 1020. The third kappa shape index (κ3) is 1.61. The normalized spacial score (nSPS) is 20.1. The summed E-state index contributed by atoms with van der Waals surface area (Å²) in [5.41, 5.74) is 0.